The fourth-order valence-electron chi connectivity index (χ4n) is 2.37. The van der Waals surface area contributed by atoms with Crippen molar-refractivity contribution in [1.82, 2.24) is 9.55 Å². The van der Waals surface area contributed by atoms with E-state index in [0.29, 0.717) is 5.88 Å². The van der Waals surface area contributed by atoms with Crippen molar-refractivity contribution >= 4 is 22.6 Å². The molecule has 96 valence electrons. The number of aryl methyl sites for hydroxylation is 1. The third kappa shape index (κ3) is 2.07. The second kappa shape index (κ2) is 4.81. The molecule has 1 aromatic heterocycles. The van der Waals surface area contributed by atoms with E-state index in [4.69, 9.17) is 21.3 Å². The molecule has 4 heteroatoms. The summed E-state index contributed by atoms with van der Waals surface area (Å²) in [5.41, 5.74) is 2.13. The zero-order chi connectivity index (χ0) is 12.5. The molecule has 1 aliphatic rings. The minimum atomic E-state index is 0.607. The molecule has 1 heterocycles. The summed E-state index contributed by atoms with van der Waals surface area (Å²) in [5.74, 6) is 3.35. The van der Waals surface area contributed by atoms with Gasteiger partial charge in [0, 0.05) is 18.8 Å². The van der Waals surface area contributed by atoms with Crippen molar-refractivity contribution in [3.8, 4) is 5.75 Å². The van der Waals surface area contributed by atoms with Gasteiger partial charge in [0.1, 0.15) is 17.1 Å². The van der Waals surface area contributed by atoms with E-state index in [9.17, 15) is 0 Å². The van der Waals surface area contributed by atoms with Crippen molar-refractivity contribution in [1.29, 1.82) is 0 Å². The highest BCUT2D eigenvalue weighted by Crippen LogP contribution is 2.34. The predicted molar refractivity (Wildman–Crippen MR) is 73.4 cm³/mol. The van der Waals surface area contributed by atoms with E-state index in [2.05, 4.69) is 10.6 Å². The molecule has 0 saturated heterocycles. The van der Waals surface area contributed by atoms with Gasteiger partial charge in [0.2, 0.25) is 0 Å². The second-order valence-corrected chi connectivity index (χ2v) is 5.23. The first-order chi connectivity index (χ1) is 8.83. The Bertz CT molecular complexity index is 560. The molecule has 1 saturated carbocycles. The summed E-state index contributed by atoms with van der Waals surface area (Å²) in [5, 5.41) is 0. The van der Waals surface area contributed by atoms with Crippen LogP contribution in [0.1, 0.15) is 18.7 Å². The van der Waals surface area contributed by atoms with Gasteiger partial charge in [-0.05, 0) is 30.9 Å². The van der Waals surface area contributed by atoms with Crippen molar-refractivity contribution in [2.75, 3.05) is 13.0 Å². The maximum atomic E-state index is 5.88. The highest BCUT2D eigenvalue weighted by Gasteiger charge is 2.24. The molecule has 2 aromatic rings. The summed E-state index contributed by atoms with van der Waals surface area (Å²) >= 11 is 5.88. The maximum absolute atomic E-state index is 5.88. The van der Waals surface area contributed by atoms with Gasteiger partial charge in [-0.15, -0.1) is 11.6 Å². The molecule has 0 bridgehead atoms. The molecule has 0 N–H and O–H groups in total. The van der Waals surface area contributed by atoms with E-state index in [1.54, 1.807) is 7.11 Å². The number of methoxy groups -OCH3 is 1. The molecule has 1 aliphatic carbocycles. The van der Waals surface area contributed by atoms with Gasteiger partial charge in [0.25, 0.3) is 0 Å². The highest BCUT2D eigenvalue weighted by atomic mass is 35.5. The Labute approximate surface area is 112 Å². The Morgan fingerprint density at radius 1 is 1.44 bits per heavy atom. The number of hydrogen-bond acceptors (Lipinski definition) is 2. The number of aromatic nitrogens is 2. The van der Waals surface area contributed by atoms with Crippen molar-refractivity contribution in [2.45, 2.75) is 25.8 Å². The van der Waals surface area contributed by atoms with Crippen LogP contribution in [-0.2, 0) is 13.0 Å². The number of fused-ring (bicyclic) bond motifs is 1. The van der Waals surface area contributed by atoms with Gasteiger partial charge in [-0.2, -0.15) is 0 Å². The van der Waals surface area contributed by atoms with E-state index >= 15 is 0 Å². The Hall–Kier alpha value is -1.22. The Balaban J connectivity index is 2.11. The summed E-state index contributed by atoms with van der Waals surface area (Å²) in [6.07, 6.45) is 3.49. The van der Waals surface area contributed by atoms with Crippen LogP contribution < -0.4 is 4.74 Å². The first-order valence-corrected chi connectivity index (χ1v) is 6.95. The van der Waals surface area contributed by atoms with Gasteiger partial charge in [-0.1, -0.05) is 6.07 Å². The van der Waals surface area contributed by atoms with E-state index in [1.165, 1.54) is 18.4 Å². The van der Waals surface area contributed by atoms with Gasteiger partial charge in [0.05, 0.1) is 12.6 Å². The van der Waals surface area contributed by atoms with E-state index in [-0.39, 0.29) is 0 Å². The smallest absolute Gasteiger partial charge is 0.146 e. The minimum absolute atomic E-state index is 0.607. The van der Waals surface area contributed by atoms with E-state index in [0.717, 1.165) is 36.0 Å². The lowest BCUT2D eigenvalue weighted by Gasteiger charge is -2.07. The Morgan fingerprint density at radius 2 is 2.28 bits per heavy atom. The summed E-state index contributed by atoms with van der Waals surface area (Å²) in [4.78, 5) is 4.71. The fraction of sp³-hybridized carbons (Fsp3) is 0.500. The van der Waals surface area contributed by atoms with Crippen LogP contribution in [0, 0.1) is 5.92 Å². The van der Waals surface area contributed by atoms with Gasteiger partial charge < -0.3 is 9.30 Å². The predicted octanol–water partition coefficient (Wildman–Crippen LogP) is 3.24. The quantitative estimate of drug-likeness (QED) is 0.776. The second-order valence-electron chi connectivity index (χ2n) is 4.85. The Kier molecular flexibility index (Phi) is 3.16. The van der Waals surface area contributed by atoms with Gasteiger partial charge >= 0.3 is 0 Å². The molecule has 18 heavy (non-hydrogen) atoms. The lowest BCUT2D eigenvalue weighted by Crippen LogP contribution is -2.06. The monoisotopic (exact) mass is 264 g/mol. The van der Waals surface area contributed by atoms with Crippen LogP contribution in [0.25, 0.3) is 11.0 Å². The number of imidazole rings is 1. The third-order valence-corrected chi connectivity index (χ3v) is 3.69. The topological polar surface area (TPSA) is 27.1 Å². The van der Waals surface area contributed by atoms with Crippen LogP contribution in [-0.4, -0.2) is 22.5 Å². The van der Waals surface area contributed by atoms with E-state index in [1.807, 2.05) is 12.1 Å². The molecule has 3 nitrogen and oxygen atoms in total. The SMILES string of the molecule is COc1cccc2c1nc(CCCl)n2CC1CC1. The molecule has 0 aliphatic heterocycles. The zero-order valence-corrected chi connectivity index (χ0v) is 11.3. The van der Waals surface area contributed by atoms with Gasteiger partial charge in [0.15, 0.2) is 0 Å². The number of alkyl halides is 1. The number of para-hydroxylation sites is 1. The minimum Gasteiger partial charge on any atom is -0.494 e. The van der Waals surface area contributed by atoms with Crippen molar-refractivity contribution in [3.05, 3.63) is 24.0 Å². The van der Waals surface area contributed by atoms with Crippen LogP contribution >= 0.6 is 11.6 Å². The first kappa shape index (κ1) is 11.8. The molecule has 0 atom stereocenters. The molecule has 0 unspecified atom stereocenters. The number of rotatable bonds is 5. The van der Waals surface area contributed by atoms with Gasteiger partial charge in [-0.3, -0.25) is 0 Å². The molecule has 1 fully saturated rings. The standard InChI is InChI=1S/C14H17ClN2O/c1-18-12-4-2-3-11-14(12)16-13(7-8-15)17(11)9-10-5-6-10/h2-4,10H,5-9H2,1H3. The van der Waals surface area contributed by atoms with Gasteiger partial charge in [-0.25, -0.2) is 4.98 Å². The fourth-order valence-corrected chi connectivity index (χ4v) is 2.54. The van der Waals surface area contributed by atoms with Crippen LogP contribution in [0.2, 0.25) is 0 Å². The highest BCUT2D eigenvalue weighted by molar-refractivity contribution is 6.17. The summed E-state index contributed by atoms with van der Waals surface area (Å²) in [6, 6.07) is 6.10. The third-order valence-electron chi connectivity index (χ3n) is 3.50. The summed E-state index contributed by atoms with van der Waals surface area (Å²) in [7, 11) is 1.69. The van der Waals surface area contributed by atoms with Crippen LogP contribution in [0.5, 0.6) is 5.75 Å². The molecule has 3 rings (SSSR count). The van der Waals surface area contributed by atoms with Crippen LogP contribution in [0.4, 0.5) is 0 Å². The number of nitrogens with zero attached hydrogens (tertiary/aromatic N) is 2. The number of ether oxygens (including phenoxy) is 1. The first-order valence-electron chi connectivity index (χ1n) is 6.41. The normalized spacial score (nSPS) is 15.2. The summed E-state index contributed by atoms with van der Waals surface area (Å²) in [6.45, 7) is 1.07. The Morgan fingerprint density at radius 3 is 2.94 bits per heavy atom. The lowest BCUT2D eigenvalue weighted by molar-refractivity contribution is 0.419. The number of benzene rings is 1. The number of hydrogen-bond donors (Lipinski definition) is 0. The molecule has 0 spiro atoms. The molecular formula is C14H17ClN2O. The van der Waals surface area contributed by atoms with Crippen molar-refractivity contribution in [2.24, 2.45) is 5.92 Å². The molecule has 0 radical (unpaired) electrons. The van der Waals surface area contributed by atoms with Crippen molar-refractivity contribution in [3.63, 3.8) is 0 Å². The maximum Gasteiger partial charge on any atom is 0.146 e. The summed E-state index contributed by atoms with van der Waals surface area (Å²) < 4.78 is 7.70. The average molecular weight is 265 g/mol. The zero-order valence-electron chi connectivity index (χ0n) is 10.5. The number of halogens is 1. The average Bonchev–Trinajstić information content (AvgIpc) is 3.13. The lowest BCUT2D eigenvalue weighted by atomic mass is 10.3. The van der Waals surface area contributed by atoms with Crippen LogP contribution in [0.15, 0.2) is 18.2 Å². The molecule has 0 amide bonds. The largest absolute Gasteiger partial charge is 0.494 e. The molecule has 1 aromatic carbocycles. The molecular weight excluding hydrogens is 248 g/mol. The van der Waals surface area contributed by atoms with Crippen LogP contribution in [0.3, 0.4) is 0 Å². The van der Waals surface area contributed by atoms with Crippen molar-refractivity contribution < 1.29 is 4.74 Å². The van der Waals surface area contributed by atoms with E-state index < -0.39 is 0 Å².